The summed E-state index contributed by atoms with van der Waals surface area (Å²) in [6.45, 7) is 0. The normalized spacial score (nSPS) is 11.9. The average molecular weight is 885 g/mol. The molecule has 0 radical (unpaired) electrons. The van der Waals surface area contributed by atoms with Gasteiger partial charge in [-0.2, -0.15) is 0 Å². The summed E-state index contributed by atoms with van der Waals surface area (Å²) < 4.78 is 20.1. The van der Waals surface area contributed by atoms with E-state index in [1.807, 2.05) is 24.3 Å². The van der Waals surface area contributed by atoms with Crippen molar-refractivity contribution < 1.29 is 13.6 Å². The first-order chi connectivity index (χ1) is 34.2. The van der Waals surface area contributed by atoms with Gasteiger partial charge in [-0.05, 0) is 95.6 Å². The molecule has 5 heteroatoms. The fourth-order valence-electron chi connectivity index (χ4n) is 10.5. The van der Waals surface area contributed by atoms with Crippen molar-refractivity contribution in [2.24, 2.45) is 0 Å². The standard InChI is InChI=1S/C64H40N2O3/c1-3-15-43(16-4-1)66(44-17-5-2-6-18-44)57-28-14-26-54-51-23-13-27-55-56(39-40-60(61(51)55)69-64(54)57)65(45-35-31-41(32-36-45)47-21-11-24-52-49-19-7-9-29-58(49)67-62(47)52)46-37-33-42(34-38-46)48-22-12-25-53-50-20-8-10-30-59(50)68-63(48)53/h1-40H. The van der Waals surface area contributed by atoms with Gasteiger partial charge in [-0.1, -0.05) is 164 Å². The molecule has 0 bridgehead atoms. The second-order valence-corrected chi connectivity index (χ2v) is 17.6. The van der Waals surface area contributed by atoms with Crippen molar-refractivity contribution in [3.8, 4) is 44.9 Å². The van der Waals surface area contributed by atoms with Crippen LogP contribution in [-0.4, -0.2) is 0 Å². The van der Waals surface area contributed by atoms with Crippen LogP contribution in [0.5, 0.6) is 11.5 Å². The Kier molecular flexibility index (Phi) is 8.83. The summed E-state index contributed by atoms with van der Waals surface area (Å²) in [5, 5.41) is 6.60. The molecule has 0 fully saturated rings. The third-order valence-corrected chi connectivity index (χ3v) is 13.7. The molecule has 69 heavy (non-hydrogen) atoms. The van der Waals surface area contributed by atoms with Gasteiger partial charge in [0.25, 0.3) is 0 Å². The van der Waals surface area contributed by atoms with E-state index in [1.54, 1.807) is 0 Å². The zero-order chi connectivity index (χ0) is 45.4. The Labute approximate surface area is 397 Å². The lowest BCUT2D eigenvalue weighted by Gasteiger charge is -2.32. The van der Waals surface area contributed by atoms with E-state index in [-0.39, 0.29) is 0 Å². The third kappa shape index (κ3) is 6.25. The van der Waals surface area contributed by atoms with Gasteiger partial charge < -0.3 is 23.4 Å². The maximum absolute atomic E-state index is 7.12. The molecule has 0 saturated carbocycles. The quantitative estimate of drug-likeness (QED) is 0.152. The van der Waals surface area contributed by atoms with Crippen LogP contribution in [-0.2, 0) is 0 Å². The van der Waals surface area contributed by atoms with Crippen LogP contribution in [0.3, 0.4) is 0 Å². The van der Waals surface area contributed by atoms with E-state index >= 15 is 0 Å². The zero-order valence-electron chi connectivity index (χ0n) is 37.2. The Balaban J connectivity index is 0.921. The van der Waals surface area contributed by atoms with Gasteiger partial charge >= 0.3 is 0 Å². The van der Waals surface area contributed by atoms with E-state index in [0.717, 1.165) is 134 Å². The number of furan rings is 2. The lowest BCUT2D eigenvalue weighted by atomic mass is 9.92. The number of fused-ring (bicyclic) bond motifs is 8. The minimum atomic E-state index is 0.814. The number of para-hydroxylation sites is 7. The average Bonchev–Trinajstić information content (AvgIpc) is 4.00. The molecule has 13 aromatic rings. The summed E-state index contributed by atoms with van der Waals surface area (Å²) in [5.74, 6) is 1.63. The maximum atomic E-state index is 7.12. The summed E-state index contributed by atoms with van der Waals surface area (Å²) in [5.41, 5.74) is 16.1. The highest BCUT2D eigenvalue weighted by molar-refractivity contribution is 6.13. The number of nitrogens with zero attached hydrogens (tertiary/aromatic N) is 2. The van der Waals surface area contributed by atoms with Gasteiger partial charge in [0, 0.05) is 71.8 Å². The van der Waals surface area contributed by atoms with Crippen molar-refractivity contribution in [1.82, 2.24) is 0 Å². The molecule has 3 heterocycles. The lowest BCUT2D eigenvalue weighted by Crippen LogP contribution is -2.13. The molecule has 0 amide bonds. The molecule has 1 aliphatic heterocycles. The Morgan fingerprint density at radius 1 is 0.275 bits per heavy atom. The van der Waals surface area contributed by atoms with Crippen LogP contribution in [0.4, 0.5) is 34.1 Å². The number of benzene rings is 11. The van der Waals surface area contributed by atoms with Gasteiger partial charge in [0.1, 0.15) is 28.1 Å². The van der Waals surface area contributed by atoms with Crippen molar-refractivity contribution in [2.45, 2.75) is 0 Å². The van der Waals surface area contributed by atoms with Gasteiger partial charge in [0.15, 0.2) is 5.75 Å². The molecule has 324 valence electrons. The largest absolute Gasteiger partial charge is 0.455 e. The van der Waals surface area contributed by atoms with Crippen molar-refractivity contribution in [2.75, 3.05) is 9.80 Å². The lowest BCUT2D eigenvalue weighted by molar-refractivity contribution is 0.488. The van der Waals surface area contributed by atoms with Crippen LogP contribution in [0, 0.1) is 0 Å². The van der Waals surface area contributed by atoms with Gasteiger partial charge in [-0.3, -0.25) is 0 Å². The summed E-state index contributed by atoms with van der Waals surface area (Å²) >= 11 is 0. The Hall–Kier alpha value is -9.32. The van der Waals surface area contributed by atoms with Crippen LogP contribution >= 0.6 is 0 Å². The van der Waals surface area contributed by atoms with E-state index in [0.29, 0.717) is 0 Å². The zero-order valence-corrected chi connectivity index (χ0v) is 37.2. The summed E-state index contributed by atoms with van der Waals surface area (Å²) in [7, 11) is 0. The van der Waals surface area contributed by atoms with E-state index in [2.05, 4.69) is 228 Å². The first kappa shape index (κ1) is 38.9. The minimum Gasteiger partial charge on any atom is -0.455 e. The van der Waals surface area contributed by atoms with Crippen LogP contribution in [0.25, 0.3) is 88.0 Å². The SMILES string of the molecule is c1ccc(N(c2ccccc2)c2cccc3c2Oc2ccc(N(c4ccc(-c5cccc6c5oc5ccccc56)cc4)c4ccc(-c5cccc6c5oc5ccccc56)cc4)c4cccc-3c24)cc1. The molecule has 14 rings (SSSR count). The van der Waals surface area contributed by atoms with Crippen LogP contribution in [0.15, 0.2) is 251 Å². The molecule has 0 aliphatic carbocycles. The van der Waals surface area contributed by atoms with Gasteiger partial charge in [-0.15, -0.1) is 0 Å². The monoisotopic (exact) mass is 884 g/mol. The molecule has 11 aromatic carbocycles. The first-order valence-electron chi connectivity index (χ1n) is 23.3. The highest BCUT2D eigenvalue weighted by atomic mass is 16.5. The Morgan fingerprint density at radius 3 is 1.28 bits per heavy atom. The summed E-state index contributed by atoms with van der Waals surface area (Å²) in [4.78, 5) is 4.63. The van der Waals surface area contributed by atoms with Crippen molar-refractivity contribution >= 4 is 88.8 Å². The predicted octanol–water partition coefficient (Wildman–Crippen LogP) is 18.7. The molecule has 5 nitrogen and oxygen atoms in total. The molecule has 1 aliphatic rings. The highest BCUT2D eigenvalue weighted by Crippen LogP contribution is 2.55. The number of hydrogen-bond donors (Lipinski definition) is 0. The number of rotatable bonds is 8. The van der Waals surface area contributed by atoms with Crippen LogP contribution in [0.2, 0.25) is 0 Å². The predicted molar refractivity (Wildman–Crippen MR) is 284 cm³/mol. The topological polar surface area (TPSA) is 42.0 Å². The molecule has 0 atom stereocenters. The summed E-state index contributed by atoms with van der Waals surface area (Å²) in [6, 6.07) is 85.4. The number of ether oxygens (including phenoxy) is 1. The van der Waals surface area contributed by atoms with Gasteiger partial charge in [0.05, 0.1) is 11.4 Å². The third-order valence-electron chi connectivity index (χ3n) is 13.7. The molecule has 0 spiro atoms. The minimum absolute atomic E-state index is 0.814. The fraction of sp³-hybridized carbons (Fsp3) is 0. The molecule has 0 saturated heterocycles. The molecule has 0 unspecified atom stereocenters. The molecule has 2 aromatic heterocycles. The Morgan fingerprint density at radius 2 is 0.710 bits per heavy atom. The van der Waals surface area contributed by atoms with Gasteiger partial charge in [0.2, 0.25) is 0 Å². The highest BCUT2D eigenvalue weighted by Gasteiger charge is 2.28. The van der Waals surface area contributed by atoms with E-state index in [4.69, 9.17) is 13.6 Å². The smallest absolute Gasteiger partial charge is 0.159 e. The fourth-order valence-corrected chi connectivity index (χ4v) is 10.5. The van der Waals surface area contributed by atoms with Crippen molar-refractivity contribution in [3.63, 3.8) is 0 Å². The van der Waals surface area contributed by atoms with E-state index < -0.39 is 0 Å². The maximum Gasteiger partial charge on any atom is 0.159 e. The number of hydrogen-bond acceptors (Lipinski definition) is 5. The van der Waals surface area contributed by atoms with Gasteiger partial charge in [-0.25, -0.2) is 0 Å². The van der Waals surface area contributed by atoms with Crippen LogP contribution in [0.1, 0.15) is 0 Å². The molecule has 0 N–H and O–H groups in total. The molecular formula is C64H40N2O3. The van der Waals surface area contributed by atoms with E-state index in [9.17, 15) is 0 Å². The van der Waals surface area contributed by atoms with Crippen molar-refractivity contribution in [3.05, 3.63) is 243 Å². The van der Waals surface area contributed by atoms with E-state index in [1.165, 1.54) is 0 Å². The number of anilines is 6. The first-order valence-corrected chi connectivity index (χ1v) is 23.3. The second kappa shape index (κ2) is 15.7. The summed E-state index contributed by atoms with van der Waals surface area (Å²) in [6.07, 6.45) is 0. The second-order valence-electron chi connectivity index (χ2n) is 17.6. The van der Waals surface area contributed by atoms with Crippen LogP contribution < -0.4 is 14.5 Å². The van der Waals surface area contributed by atoms with Crippen molar-refractivity contribution in [1.29, 1.82) is 0 Å². The molecular weight excluding hydrogens is 845 g/mol. The Bertz CT molecular complexity index is 3900.